The van der Waals surface area contributed by atoms with Crippen LogP contribution in [0.4, 0.5) is 0 Å². The number of pyridine rings is 1. The fourth-order valence-corrected chi connectivity index (χ4v) is 3.37. The van der Waals surface area contributed by atoms with E-state index >= 15 is 0 Å². The van der Waals surface area contributed by atoms with Crippen molar-refractivity contribution in [2.45, 2.75) is 18.9 Å². The van der Waals surface area contributed by atoms with E-state index < -0.39 is 0 Å². The van der Waals surface area contributed by atoms with Gasteiger partial charge in [0, 0.05) is 5.69 Å². The molecule has 1 aliphatic heterocycles. The number of fused-ring (bicyclic) bond motifs is 1. The molecule has 1 aliphatic rings. The van der Waals surface area contributed by atoms with E-state index in [1.807, 2.05) is 56.3 Å². The summed E-state index contributed by atoms with van der Waals surface area (Å²) in [5.74, 6) is 0.0915. The lowest BCUT2D eigenvalue weighted by atomic mass is 10.1. The number of carbonyl (C=O) groups is 1. The van der Waals surface area contributed by atoms with Crippen molar-refractivity contribution < 1.29 is 4.79 Å². The number of hydrogen-bond donors (Lipinski definition) is 0. The number of rotatable bonds is 1. The van der Waals surface area contributed by atoms with Crippen molar-refractivity contribution in [2.24, 2.45) is 0 Å². The van der Waals surface area contributed by atoms with Gasteiger partial charge in [0.25, 0.3) is 0 Å². The van der Waals surface area contributed by atoms with E-state index in [1.165, 1.54) is 11.8 Å². The summed E-state index contributed by atoms with van der Waals surface area (Å²) >= 11 is 1.47. The highest BCUT2D eigenvalue weighted by Gasteiger charge is 2.29. The molecule has 0 amide bonds. The molecule has 1 aromatic heterocycles. The van der Waals surface area contributed by atoms with Gasteiger partial charge in [0.05, 0.1) is 10.5 Å². The van der Waals surface area contributed by atoms with Crippen molar-refractivity contribution in [3.63, 3.8) is 0 Å². The van der Waals surface area contributed by atoms with E-state index in [4.69, 9.17) is 0 Å². The first-order chi connectivity index (χ1) is 9.15. The quantitative estimate of drug-likeness (QED) is 0.731. The molecule has 2 aromatic rings. The van der Waals surface area contributed by atoms with Gasteiger partial charge in [-0.1, -0.05) is 42.1 Å². The van der Waals surface area contributed by atoms with Crippen LogP contribution < -0.4 is 0 Å². The van der Waals surface area contributed by atoms with Crippen molar-refractivity contribution in [1.29, 1.82) is 0 Å². The Morgan fingerprint density at radius 1 is 1.16 bits per heavy atom. The Morgan fingerprint density at radius 3 is 2.63 bits per heavy atom. The molecule has 0 atom stereocenters. The summed E-state index contributed by atoms with van der Waals surface area (Å²) in [6.45, 7) is 3.93. The first-order valence-corrected chi connectivity index (χ1v) is 6.94. The van der Waals surface area contributed by atoms with Crippen molar-refractivity contribution in [3.05, 3.63) is 63.7 Å². The number of Topliss-reactive ketones (excluding diaryl/α,β-unsaturated/α-hetero) is 1. The summed E-state index contributed by atoms with van der Waals surface area (Å²) in [6, 6.07) is 11.9. The van der Waals surface area contributed by atoms with Gasteiger partial charge in [-0.25, -0.2) is 4.98 Å². The largest absolute Gasteiger partial charge is 0.288 e. The lowest BCUT2D eigenvalue weighted by Crippen LogP contribution is -1.99. The highest BCUT2D eigenvalue weighted by molar-refractivity contribution is 8.04. The maximum Gasteiger partial charge on any atom is 0.202 e. The molecule has 3 heteroatoms. The number of aromatic nitrogens is 1. The third-order valence-corrected chi connectivity index (χ3v) is 4.08. The van der Waals surface area contributed by atoms with Gasteiger partial charge < -0.3 is 0 Å². The smallest absolute Gasteiger partial charge is 0.202 e. The van der Waals surface area contributed by atoms with E-state index in [-0.39, 0.29) is 5.78 Å². The number of carbonyl (C=O) groups excluding carboxylic acids is 1. The Hall–Kier alpha value is -1.87. The molecule has 2 nitrogen and oxygen atoms in total. The summed E-state index contributed by atoms with van der Waals surface area (Å²) in [5, 5.41) is 0.838. The normalized spacial score (nSPS) is 15.9. The Bertz CT molecular complexity index is 689. The average molecular weight is 267 g/mol. The SMILES string of the molecule is Cc1cc(C)c2c(n1)S/C(=C/c1ccccc1)C2=O. The van der Waals surface area contributed by atoms with Crippen molar-refractivity contribution >= 4 is 23.6 Å². The van der Waals surface area contributed by atoms with Crippen molar-refractivity contribution in [1.82, 2.24) is 4.98 Å². The molecular weight excluding hydrogens is 254 g/mol. The molecule has 1 aromatic carbocycles. The number of thioether (sulfide) groups is 1. The van der Waals surface area contributed by atoms with Gasteiger partial charge >= 0.3 is 0 Å². The molecule has 19 heavy (non-hydrogen) atoms. The number of hydrogen-bond acceptors (Lipinski definition) is 3. The predicted molar refractivity (Wildman–Crippen MR) is 78.3 cm³/mol. The monoisotopic (exact) mass is 267 g/mol. The van der Waals surface area contributed by atoms with Crippen LogP contribution in [0.15, 0.2) is 46.3 Å². The fourth-order valence-electron chi connectivity index (χ4n) is 2.22. The number of allylic oxidation sites excluding steroid dienone is 1. The second kappa shape index (κ2) is 4.67. The van der Waals surface area contributed by atoms with Crippen LogP contribution >= 0.6 is 11.8 Å². The average Bonchev–Trinajstić information content (AvgIpc) is 2.67. The molecule has 0 N–H and O–H groups in total. The summed E-state index contributed by atoms with van der Waals surface area (Å²) in [6.07, 6.45) is 1.93. The van der Waals surface area contributed by atoms with Crippen LogP contribution in [0.3, 0.4) is 0 Å². The number of aryl methyl sites for hydroxylation is 2. The van der Waals surface area contributed by atoms with E-state index in [1.54, 1.807) is 0 Å². The molecule has 0 spiro atoms. The third kappa shape index (κ3) is 2.22. The molecule has 0 radical (unpaired) electrons. The summed E-state index contributed by atoms with van der Waals surface area (Å²) < 4.78 is 0. The molecule has 0 unspecified atom stereocenters. The second-order valence-corrected chi connectivity index (χ2v) is 5.64. The minimum Gasteiger partial charge on any atom is -0.288 e. The van der Waals surface area contributed by atoms with Gasteiger partial charge in [0.1, 0.15) is 5.03 Å². The van der Waals surface area contributed by atoms with Crippen LogP contribution in [0, 0.1) is 13.8 Å². The predicted octanol–water partition coefficient (Wildman–Crippen LogP) is 4.03. The molecule has 94 valence electrons. The van der Waals surface area contributed by atoms with Crippen LogP contribution in [-0.2, 0) is 0 Å². The molecule has 0 bridgehead atoms. The molecule has 2 heterocycles. The van der Waals surface area contributed by atoms with Crippen LogP contribution in [-0.4, -0.2) is 10.8 Å². The minimum absolute atomic E-state index is 0.0915. The topological polar surface area (TPSA) is 30.0 Å². The first-order valence-electron chi connectivity index (χ1n) is 6.12. The number of benzene rings is 1. The van der Waals surface area contributed by atoms with E-state index in [2.05, 4.69) is 4.98 Å². The summed E-state index contributed by atoms with van der Waals surface area (Å²) in [5.41, 5.74) is 3.77. The second-order valence-electron chi connectivity index (χ2n) is 4.61. The van der Waals surface area contributed by atoms with Crippen LogP contribution in [0.1, 0.15) is 27.2 Å². The van der Waals surface area contributed by atoms with E-state index in [0.29, 0.717) is 0 Å². The van der Waals surface area contributed by atoms with Crippen molar-refractivity contribution in [2.75, 3.05) is 0 Å². The summed E-state index contributed by atoms with van der Waals surface area (Å²) in [4.78, 5) is 17.6. The van der Waals surface area contributed by atoms with Crippen molar-refractivity contribution in [3.8, 4) is 0 Å². The van der Waals surface area contributed by atoms with Gasteiger partial charge in [-0.3, -0.25) is 4.79 Å². The molecule has 0 aliphatic carbocycles. The first kappa shape index (κ1) is 12.2. The van der Waals surface area contributed by atoms with Gasteiger partial charge in [-0.05, 0) is 37.1 Å². The van der Waals surface area contributed by atoms with Gasteiger partial charge in [0.15, 0.2) is 0 Å². The van der Waals surface area contributed by atoms with Crippen LogP contribution in [0.5, 0.6) is 0 Å². The van der Waals surface area contributed by atoms with E-state index in [9.17, 15) is 4.79 Å². The zero-order chi connectivity index (χ0) is 13.4. The van der Waals surface area contributed by atoms with Crippen LogP contribution in [0.2, 0.25) is 0 Å². The molecule has 0 saturated heterocycles. The maximum absolute atomic E-state index is 12.4. The lowest BCUT2D eigenvalue weighted by Gasteiger charge is -2.01. The Balaban J connectivity index is 2.05. The molecule has 0 saturated carbocycles. The zero-order valence-corrected chi connectivity index (χ0v) is 11.6. The van der Waals surface area contributed by atoms with Gasteiger partial charge in [-0.15, -0.1) is 0 Å². The summed E-state index contributed by atoms with van der Waals surface area (Å²) in [7, 11) is 0. The molecular formula is C16H13NOS. The fraction of sp³-hybridized carbons (Fsp3) is 0.125. The third-order valence-electron chi connectivity index (χ3n) is 3.07. The zero-order valence-electron chi connectivity index (χ0n) is 10.8. The molecule has 0 fully saturated rings. The Labute approximate surface area is 116 Å². The van der Waals surface area contributed by atoms with Gasteiger partial charge in [-0.2, -0.15) is 0 Å². The Kier molecular flexibility index (Phi) is 2.99. The van der Waals surface area contributed by atoms with Gasteiger partial charge in [0.2, 0.25) is 5.78 Å². The number of ketones is 1. The highest BCUT2D eigenvalue weighted by atomic mass is 32.2. The minimum atomic E-state index is 0.0915. The molecule has 3 rings (SSSR count). The standard InChI is InChI=1S/C16H13NOS/c1-10-8-11(2)17-16-14(10)15(18)13(19-16)9-12-6-4-3-5-7-12/h3-9H,1-2H3/b13-9+. The maximum atomic E-state index is 12.4. The number of nitrogens with zero attached hydrogens (tertiary/aromatic N) is 1. The Morgan fingerprint density at radius 2 is 1.89 bits per heavy atom. The highest BCUT2D eigenvalue weighted by Crippen LogP contribution is 2.41. The lowest BCUT2D eigenvalue weighted by molar-refractivity contribution is 0.104. The van der Waals surface area contributed by atoms with Crippen LogP contribution in [0.25, 0.3) is 6.08 Å². The van der Waals surface area contributed by atoms with E-state index in [0.717, 1.165) is 32.3 Å².